The average Bonchev–Trinajstić information content (AvgIpc) is 3.14. The number of pyridine rings is 1. The summed E-state index contributed by atoms with van der Waals surface area (Å²) in [5.41, 5.74) is 3.27. The number of nitrogens with one attached hydrogen (secondary N) is 1. The fraction of sp³-hybridized carbons (Fsp3) is 0.100. The molecule has 140 valence electrons. The number of rotatable bonds is 4. The molecule has 0 aliphatic carbocycles. The van der Waals surface area contributed by atoms with Gasteiger partial charge in [0.2, 0.25) is 0 Å². The highest BCUT2D eigenvalue weighted by molar-refractivity contribution is 9.10. The first-order chi connectivity index (χ1) is 13.5. The first-order valence-electron chi connectivity index (χ1n) is 8.47. The summed E-state index contributed by atoms with van der Waals surface area (Å²) < 4.78 is 7.29. The fourth-order valence-corrected chi connectivity index (χ4v) is 2.99. The topological polar surface area (TPSA) is 89.4 Å². The lowest BCUT2D eigenvalue weighted by Crippen LogP contribution is -2.15. The Morgan fingerprint density at radius 1 is 1.21 bits per heavy atom. The number of halogens is 1. The number of aromatic amines is 1. The number of H-pyrrole nitrogens is 1. The molecular formula is C20H15BrN4O3. The molecule has 8 heteroatoms. The Morgan fingerprint density at radius 3 is 2.75 bits per heavy atom. The summed E-state index contributed by atoms with van der Waals surface area (Å²) >= 11 is 3.33. The maximum absolute atomic E-state index is 12.4. The van der Waals surface area contributed by atoms with Crippen molar-refractivity contribution in [3.8, 4) is 11.3 Å². The van der Waals surface area contributed by atoms with Gasteiger partial charge in [-0.3, -0.25) is 9.89 Å². The number of aromatic nitrogens is 4. The number of fused-ring (bicyclic) bond motifs is 1. The predicted molar refractivity (Wildman–Crippen MR) is 107 cm³/mol. The molecule has 1 aromatic carbocycles. The summed E-state index contributed by atoms with van der Waals surface area (Å²) in [5, 5.41) is 2.74. The van der Waals surface area contributed by atoms with E-state index in [0.29, 0.717) is 11.3 Å². The molecule has 1 N–H and O–H groups in total. The van der Waals surface area contributed by atoms with Crippen LogP contribution in [0, 0.1) is 6.92 Å². The van der Waals surface area contributed by atoms with Crippen molar-refractivity contribution in [2.75, 3.05) is 0 Å². The predicted octanol–water partition coefficient (Wildman–Crippen LogP) is 3.51. The van der Waals surface area contributed by atoms with Crippen molar-refractivity contribution < 1.29 is 9.53 Å². The first-order valence-corrected chi connectivity index (χ1v) is 9.27. The van der Waals surface area contributed by atoms with Crippen molar-refractivity contribution in [2.24, 2.45) is 0 Å². The zero-order valence-electron chi connectivity index (χ0n) is 14.8. The number of esters is 1. The molecule has 3 aromatic heterocycles. The molecule has 3 heterocycles. The van der Waals surface area contributed by atoms with Gasteiger partial charge in [-0.15, -0.1) is 0 Å². The zero-order chi connectivity index (χ0) is 19.7. The van der Waals surface area contributed by atoms with E-state index in [0.717, 1.165) is 21.3 Å². The monoisotopic (exact) mass is 438 g/mol. The van der Waals surface area contributed by atoms with Gasteiger partial charge in [0.05, 0.1) is 5.69 Å². The molecule has 0 saturated heterocycles. The molecule has 0 aliphatic heterocycles. The van der Waals surface area contributed by atoms with Crippen LogP contribution >= 0.6 is 15.9 Å². The number of carbonyl (C=O) groups is 1. The van der Waals surface area contributed by atoms with Crippen LogP contribution in [0.2, 0.25) is 0 Å². The second kappa shape index (κ2) is 7.40. The second-order valence-electron chi connectivity index (χ2n) is 6.24. The molecule has 0 bridgehead atoms. The zero-order valence-corrected chi connectivity index (χ0v) is 16.4. The van der Waals surface area contributed by atoms with Crippen molar-refractivity contribution in [1.29, 1.82) is 0 Å². The summed E-state index contributed by atoms with van der Waals surface area (Å²) in [5.74, 6) is -0.577. The van der Waals surface area contributed by atoms with Crippen LogP contribution in [0.5, 0.6) is 0 Å². The van der Waals surface area contributed by atoms with Gasteiger partial charge < -0.3 is 4.74 Å². The summed E-state index contributed by atoms with van der Waals surface area (Å²) in [6.07, 6.45) is 1.63. The fourth-order valence-electron chi connectivity index (χ4n) is 2.77. The van der Waals surface area contributed by atoms with E-state index in [2.05, 4.69) is 31.0 Å². The van der Waals surface area contributed by atoms with Crippen LogP contribution < -0.4 is 5.56 Å². The largest absolute Gasteiger partial charge is 0.456 e. The number of aryl methyl sites for hydroxylation is 1. The van der Waals surface area contributed by atoms with Gasteiger partial charge in [0, 0.05) is 29.5 Å². The van der Waals surface area contributed by atoms with Gasteiger partial charge in [-0.2, -0.15) is 0 Å². The SMILES string of the molecule is Cc1cc(COC(=O)c2cc3nc(-c4ccccc4)cc(=O)n3[nH]2)cnc1Br. The van der Waals surface area contributed by atoms with Gasteiger partial charge in [-0.25, -0.2) is 19.3 Å². The Labute approximate surface area is 168 Å². The Morgan fingerprint density at radius 2 is 2.00 bits per heavy atom. The van der Waals surface area contributed by atoms with Crippen LogP contribution in [0.15, 0.2) is 64.1 Å². The third kappa shape index (κ3) is 3.59. The number of hydrogen-bond acceptors (Lipinski definition) is 5. The van der Waals surface area contributed by atoms with Gasteiger partial charge in [0.25, 0.3) is 5.56 Å². The second-order valence-corrected chi connectivity index (χ2v) is 6.99. The van der Waals surface area contributed by atoms with Crippen molar-refractivity contribution in [1.82, 2.24) is 19.6 Å². The lowest BCUT2D eigenvalue weighted by atomic mass is 10.1. The van der Waals surface area contributed by atoms with E-state index in [1.54, 1.807) is 6.20 Å². The van der Waals surface area contributed by atoms with Crippen molar-refractivity contribution in [3.05, 3.63) is 86.5 Å². The lowest BCUT2D eigenvalue weighted by molar-refractivity contribution is 0.0465. The Bertz CT molecular complexity index is 1230. The quantitative estimate of drug-likeness (QED) is 0.388. The van der Waals surface area contributed by atoms with Crippen molar-refractivity contribution >= 4 is 27.5 Å². The van der Waals surface area contributed by atoms with E-state index in [9.17, 15) is 9.59 Å². The molecule has 0 aliphatic rings. The lowest BCUT2D eigenvalue weighted by Gasteiger charge is -2.05. The van der Waals surface area contributed by atoms with Crippen LogP contribution in [0.1, 0.15) is 21.6 Å². The molecular weight excluding hydrogens is 424 g/mol. The maximum atomic E-state index is 12.4. The van der Waals surface area contributed by atoms with E-state index in [4.69, 9.17) is 4.74 Å². The molecule has 0 spiro atoms. The van der Waals surface area contributed by atoms with E-state index < -0.39 is 5.97 Å². The third-order valence-corrected chi connectivity index (χ3v) is 5.01. The van der Waals surface area contributed by atoms with Crippen LogP contribution in [-0.2, 0) is 11.3 Å². The molecule has 0 unspecified atom stereocenters. The number of carbonyl (C=O) groups excluding carboxylic acids is 1. The maximum Gasteiger partial charge on any atom is 0.356 e. The number of nitrogens with zero attached hydrogens (tertiary/aromatic N) is 3. The van der Waals surface area contributed by atoms with Crippen LogP contribution in [0.3, 0.4) is 0 Å². The summed E-state index contributed by atoms with van der Waals surface area (Å²) in [6.45, 7) is 1.98. The smallest absolute Gasteiger partial charge is 0.356 e. The van der Waals surface area contributed by atoms with Gasteiger partial charge in [0.15, 0.2) is 5.65 Å². The molecule has 4 aromatic rings. The standard InChI is InChI=1S/C20H15BrN4O3/c1-12-7-13(10-22-19(12)21)11-28-20(27)16-8-17-23-15(9-18(26)25(17)24-16)14-5-3-2-4-6-14/h2-10,24H,11H2,1H3. The van der Waals surface area contributed by atoms with E-state index in [1.807, 2.05) is 43.3 Å². The van der Waals surface area contributed by atoms with Crippen LogP contribution in [-0.4, -0.2) is 25.6 Å². The van der Waals surface area contributed by atoms with Gasteiger partial charge >= 0.3 is 5.97 Å². The third-order valence-electron chi connectivity index (χ3n) is 4.18. The molecule has 0 radical (unpaired) electrons. The molecule has 4 rings (SSSR count). The minimum Gasteiger partial charge on any atom is -0.456 e. The highest BCUT2D eigenvalue weighted by Crippen LogP contribution is 2.17. The Kier molecular flexibility index (Phi) is 4.79. The normalized spacial score (nSPS) is 10.9. The molecule has 0 fully saturated rings. The van der Waals surface area contributed by atoms with E-state index >= 15 is 0 Å². The van der Waals surface area contributed by atoms with Crippen molar-refractivity contribution in [2.45, 2.75) is 13.5 Å². The molecule has 0 atom stereocenters. The Balaban J connectivity index is 1.58. The van der Waals surface area contributed by atoms with Gasteiger partial charge in [-0.1, -0.05) is 30.3 Å². The minimum absolute atomic E-state index is 0.0763. The first kappa shape index (κ1) is 18.1. The van der Waals surface area contributed by atoms with Gasteiger partial charge in [0.1, 0.15) is 16.9 Å². The van der Waals surface area contributed by atoms with E-state index in [-0.39, 0.29) is 17.9 Å². The average molecular weight is 439 g/mol. The molecule has 0 saturated carbocycles. The minimum atomic E-state index is -0.577. The highest BCUT2D eigenvalue weighted by atomic mass is 79.9. The summed E-state index contributed by atoms with van der Waals surface area (Å²) in [7, 11) is 0. The summed E-state index contributed by atoms with van der Waals surface area (Å²) in [4.78, 5) is 33.4. The highest BCUT2D eigenvalue weighted by Gasteiger charge is 2.14. The Hall–Kier alpha value is -3.26. The molecule has 0 amide bonds. The number of hydrogen-bond donors (Lipinski definition) is 1. The number of benzene rings is 1. The number of ether oxygens (including phenoxy) is 1. The summed E-state index contributed by atoms with van der Waals surface area (Å²) in [6, 6.07) is 14.2. The molecule has 28 heavy (non-hydrogen) atoms. The van der Waals surface area contributed by atoms with Crippen molar-refractivity contribution in [3.63, 3.8) is 0 Å². The van der Waals surface area contributed by atoms with Crippen LogP contribution in [0.25, 0.3) is 16.9 Å². The molecule has 7 nitrogen and oxygen atoms in total. The van der Waals surface area contributed by atoms with Gasteiger partial charge in [-0.05, 0) is 34.5 Å². The van der Waals surface area contributed by atoms with Crippen LogP contribution in [0.4, 0.5) is 0 Å². The van der Waals surface area contributed by atoms with E-state index in [1.165, 1.54) is 16.6 Å².